The van der Waals surface area contributed by atoms with Gasteiger partial charge in [0.2, 0.25) is 5.91 Å². The second-order valence-corrected chi connectivity index (χ2v) is 3.81. The number of fused-ring (bicyclic) bond motifs is 3. The Balaban J connectivity index is 2.20. The van der Waals surface area contributed by atoms with E-state index in [1.54, 1.807) is 0 Å². The molecule has 1 amide bonds. The van der Waals surface area contributed by atoms with Gasteiger partial charge in [-0.1, -0.05) is 6.07 Å². The molecule has 1 aliphatic rings. The van der Waals surface area contributed by atoms with Crippen molar-refractivity contribution in [2.24, 2.45) is 0 Å². The van der Waals surface area contributed by atoms with Crippen LogP contribution in [0.15, 0.2) is 18.3 Å². The number of carbonyl (C=O) groups is 1. The van der Waals surface area contributed by atoms with E-state index in [0.29, 0.717) is 13.0 Å². The summed E-state index contributed by atoms with van der Waals surface area (Å²) in [7, 11) is 0. The molecule has 4 nitrogen and oxygen atoms in total. The Hall–Kier alpha value is -1.84. The van der Waals surface area contributed by atoms with E-state index in [2.05, 4.69) is 21.6 Å². The maximum atomic E-state index is 11.3. The van der Waals surface area contributed by atoms with Crippen LogP contribution in [0.5, 0.6) is 0 Å². The first-order valence-electron chi connectivity index (χ1n) is 5.05. The Morgan fingerprint density at radius 1 is 1.27 bits per heavy atom. The highest BCUT2D eigenvalue weighted by Crippen LogP contribution is 2.23. The molecule has 3 rings (SSSR count). The molecule has 2 N–H and O–H groups in total. The Morgan fingerprint density at radius 3 is 3.13 bits per heavy atom. The molecule has 2 aromatic rings. The summed E-state index contributed by atoms with van der Waals surface area (Å²) in [5.41, 5.74) is 3.49. The molecule has 0 unspecified atom stereocenters. The molecule has 0 fully saturated rings. The minimum atomic E-state index is 0.128. The number of aromatic amines is 1. The molecule has 15 heavy (non-hydrogen) atoms. The summed E-state index contributed by atoms with van der Waals surface area (Å²) in [6.07, 6.45) is 3.23. The van der Waals surface area contributed by atoms with Crippen LogP contribution in [0.3, 0.4) is 0 Å². The topological polar surface area (TPSA) is 57.8 Å². The zero-order chi connectivity index (χ0) is 10.3. The third-order valence-corrected chi connectivity index (χ3v) is 2.92. The fourth-order valence-corrected chi connectivity index (χ4v) is 2.09. The largest absolute Gasteiger partial charge is 0.352 e. The lowest BCUT2D eigenvalue weighted by Gasteiger charge is -2.05. The maximum Gasteiger partial charge on any atom is 0.220 e. The van der Waals surface area contributed by atoms with Crippen molar-refractivity contribution < 1.29 is 4.79 Å². The Bertz CT molecular complexity index is 530. The van der Waals surface area contributed by atoms with E-state index in [1.807, 2.05) is 12.3 Å². The molecule has 0 saturated heterocycles. The fourth-order valence-electron chi connectivity index (χ4n) is 2.09. The molecule has 2 heterocycles. The highest BCUT2D eigenvalue weighted by molar-refractivity contribution is 5.85. The van der Waals surface area contributed by atoms with Crippen LogP contribution >= 0.6 is 0 Å². The number of hydrogen-bond donors (Lipinski definition) is 2. The molecule has 1 aliphatic heterocycles. The van der Waals surface area contributed by atoms with Gasteiger partial charge >= 0.3 is 0 Å². The van der Waals surface area contributed by atoms with Gasteiger partial charge in [0.15, 0.2) is 0 Å². The number of hydrogen-bond acceptors (Lipinski definition) is 2. The number of benzene rings is 1. The molecule has 76 valence electrons. The van der Waals surface area contributed by atoms with Gasteiger partial charge in [0.25, 0.3) is 0 Å². The molecular formula is C11H11N3O. The molecule has 0 radical (unpaired) electrons. The number of H-pyrrole nitrogens is 1. The van der Waals surface area contributed by atoms with Crippen LogP contribution in [-0.4, -0.2) is 16.1 Å². The second-order valence-electron chi connectivity index (χ2n) is 3.81. The van der Waals surface area contributed by atoms with E-state index in [-0.39, 0.29) is 5.91 Å². The fraction of sp³-hybridized carbons (Fsp3) is 0.273. The third-order valence-electron chi connectivity index (χ3n) is 2.92. The quantitative estimate of drug-likeness (QED) is 0.671. The molecule has 0 atom stereocenters. The van der Waals surface area contributed by atoms with Crippen LogP contribution in [0, 0.1) is 0 Å². The Morgan fingerprint density at radius 2 is 2.20 bits per heavy atom. The smallest absolute Gasteiger partial charge is 0.220 e. The summed E-state index contributed by atoms with van der Waals surface area (Å²) < 4.78 is 0. The lowest BCUT2D eigenvalue weighted by Crippen LogP contribution is -2.20. The van der Waals surface area contributed by atoms with Crippen molar-refractivity contribution in [1.82, 2.24) is 15.5 Å². The molecule has 4 heteroatoms. The molecule has 1 aromatic heterocycles. The van der Waals surface area contributed by atoms with Crippen LogP contribution in [-0.2, 0) is 17.8 Å². The number of nitrogens with one attached hydrogen (secondary N) is 2. The molecule has 0 spiro atoms. The van der Waals surface area contributed by atoms with Gasteiger partial charge in [-0.3, -0.25) is 9.89 Å². The number of amides is 1. The third kappa shape index (κ3) is 1.29. The number of carbonyl (C=O) groups excluding carboxylic acids is 1. The zero-order valence-electron chi connectivity index (χ0n) is 8.21. The lowest BCUT2D eigenvalue weighted by molar-refractivity contribution is -0.121. The first-order valence-corrected chi connectivity index (χ1v) is 5.05. The first kappa shape index (κ1) is 8.47. The summed E-state index contributed by atoms with van der Waals surface area (Å²) in [4.78, 5) is 11.3. The van der Waals surface area contributed by atoms with Gasteiger partial charge in [-0.05, 0) is 23.6 Å². The Kier molecular flexibility index (Phi) is 1.74. The summed E-state index contributed by atoms with van der Waals surface area (Å²) in [6.45, 7) is 0.616. The molecule has 0 bridgehead atoms. The van der Waals surface area contributed by atoms with Crippen LogP contribution < -0.4 is 5.32 Å². The normalized spacial score (nSPS) is 15.9. The average Bonchev–Trinajstić information content (AvgIpc) is 2.64. The summed E-state index contributed by atoms with van der Waals surface area (Å²) in [6, 6.07) is 4.10. The molecule has 0 saturated carbocycles. The average molecular weight is 201 g/mol. The van der Waals surface area contributed by atoms with Gasteiger partial charge in [-0.15, -0.1) is 0 Å². The van der Waals surface area contributed by atoms with Crippen LogP contribution in [0.25, 0.3) is 10.9 Å². The summed E-state index contributed by atoms with van der Waals surface area (Å²) >= 11 is 0. The minimum Gasteiger partial charge on any atom is -0.352 e. The van der Waals surface area contributed by atoms with E-state index in [9.17, 15) is 4.79 Å². The highest BCUT2D eigenvalue weighted by atomic mass is 16.1. The van der Waals surface area contributed by atoms with Crippen molar-refractivity contribution >= 4 is 16.8 Å². The van der Waals surface area contributed by atoms with E-state index < -0.39 is 0 Å². The van der Waals surface area contributed by atoms with Gasteiger partial charge in [-0.2, -0.15) is 5.10 Å². The van der Waals surface area contributed by atoms with Crippen molar-refractivity contribution in [2.45, 2.75) is 19.4 Å². The van der Waals surface area contributed by atoms with Crippen LogP contribution in [0.2, 0.25) is 0 Å². The van der Waals surface area contributed by atoms with Crippen molar-refractivity contribution in [1.29, 1.82) is 0 Å². The van der Waals surface area contributed by atoms with Crippen molar-refractivity contribution in [3.05, 3.63) is 29.5 Å². The van der Waals surface area contributed by atoms with Crippen molar-refractivity contribution in [3.63, 3.8) is 0 Å². The van der Waals surface area contributed by atoms with Gasteiger partial charge in [-0.25, -0.2) is 0 Å². The van der Waals surface area contributed by atoms with Crippen LogP contribution in [0.4, 0.5) is 0 Å². The Labute approximate surface area is 86.7 Å². The number of aryl methyl sites for hydroxylation is 1. The van der Waals surface area contributed by atoms with Crippen LogP contribution in [0.1, 0.15) is 17.5 Å². The number of nitrogens with zero attached hydrogens (tertiary/aromatic N) is 1. The SMILES string of the molecule is O=C1CCc2ccc3[nH]ncc3c2CN1. The van der Waals surface area contributed by atoms with E-state index >= 15 is 0 Å². The van der Waals surface area contributed by atoms with Gasteiger partial charge in [0.1, 0.15) is 0 Å². The zero-order valence-corrected chi connectivity index (χ0v) is 8.21. The number of rotatable bonds is 0. The second kappa shape index (κ2) is 3.08. The van der Waals surface area contributed by atoms with E-state index in [4.69, 9.17) is 0 Å². The van der Waals surface area contributed by atoms with Gasteiger partial charge < -0.3 is 5.32 Å². The highest BCUT2D eigenvalue weighted by Gasteiger charge is 2.14. The van der Waals surface area contributed by atoms with E-state index in [1.165, 1.54) is 11.1 Å². The number of aromatic nitrogens is 2. The lowest BCUT2D eigenvalue weighted by atomic mass is 10.0. The minimum absolute atomic E-state index is 0.128. The van der Waals surface area contributed by atoms with Gasteiger partial charge in [0.05, 0.1) is 11.7 Å². The van der Waals surface area contributed by atoms with Crippen molar-refractivity contribution in [2.75, 3.05) is 0 Å². The predicted octanol–water partition coefficient (Wildman–Crippen LogP) is 1.13. The standard InChI is InChI=1S/C11H11N3O/c15-11-4-2-7-1-3-10-9(6-13-14-10)8(7)5-12-11/h1,3,6H,2,4-5H2,(H,12,15)(H,13,14). The summed E-state index contributed by atoms with van der Waals surface area (Å²) in [5.74, 6) is 0.128. The molecular weight excluding hydrogens is 190 g/mol. The predicted molar refractivity (Wildman–Crippen MR) is 56.3 cm³/mol. The van der Waals surface area contributed by atoms with Crippen molar-refractivity contribution in [3.8, 4) is 0 Å². The monoisotopic (exact) mass is 201 g/mol. The molecule has 1 aromatic carbocycles. The molecule has 0 aliphatic carbocycles. The maximum absolute atomic E-state index is 11.3. The summed E-state index contributed by atoms with van der Waals surface area (Å²) in [5, 5.41) is 11.0. The van der Waals surface area contributed by atoms with E-state index in [0.717, 1.165) is 17.3 Å². The van der Waals surface area contributed by atoms with Gasteiger partial charge in [0, 0.05) is 18.4 Å². The first-order chi connectivity index (χ1) is 7.34.